The van der Waals surface area contributed by atoms with Gasteiger partial charge in [0.1, 0.15) is 12.0 Å². The quantitative estimate of drug-likeness (QED) is 0.801. The van der Waals surface area contributed by atoms with Crippen LogP contribution < -0.4 is 10.1 Å². The number of rotatable bonds is 6. The second-order valence-electron chi connectivity index (χ2n) is 6.33. The van der Waals surface area contributed by atoms with Gasteiger partial charge in [0.25, 0.3) is 5.91 Å². The number of aryl methyl sites for hydroxylation is 2. The summed E-state index contributed by atoms with van der Waals surface area (Å²) in [6.07, 6.45) is 0.748. The molecule has 126 valence electrons. The Bertz CT molecular complexity index is 751. The van der Waals surface area contributed by atoms with E-state index < -0.39 is 0 Å². The fourth-order valence-corrected chi connectivity index (χ4v) is 2.18. The van der Waals surface area contributed by atoms with E-state index in [9.17, 15) is 9.59 Å². The number of amides is 1. The highest BCUT2D eigenvalue weighted by atomic mass is 16.5. The van der Waals surface area contributed by atoms with E-state index in [-0.39, 0.29) is 5.91 Å². The number of carbonyl (C=O) groups is 2. The van der Waals surface area contributed by atoms with Crippen LogP contribution in [0.5, 0.6) is 5.75 Å². The molecule has 4 nitrogen and oxygen atoms in total. The van der Waals surface area contributed by atoms with Gasteiger partial charge in [-0.15, -0.1) is 0 Å². The minimum atomic E-state index is -0.226. The molecule has 0 bridgehead atoms. The lowest BCUT2D eigenvalue weighted by molar-refractivity contribution is 0.102. The minimum Gasteiger partial charge on any atom is -0.491 e. The summed E-state index contributed by atoms with van der Waals surface area (Å²) in [7, 11) is 0. The van der Waals surface area contributed by atoms with Crippen molar-refractivity contribution in [3.63, 3.8) is 0 Å². The SMILES string of the molecule is Cc1ccc(C(=O)Nc2cc(C=O)ccc2OCC(C)C)cc1C. The van der Waals surface area contributed by atoms with E-state index >= 15 is 0 Å². The fourth-order valence-electron chi connectivity index (χ4n) is 2.18. The molecule has 0 radical (unpaired) electrons. The number of nitrogens with one attached hydrogen (secondary N) is 1. The van der Waals surface area contributed by atoms with Crippen LogP contribution in [-0.2, 0) is 0 Å². The van der Waals surface area contributed by atoms with Crippen molar-refractivity contribution in [2.75, 3.05) is 11.9 Å². The highest BCUT2D eigenvalue weighted by molar-refractivity contribution is 6.05. The molecule has 4 heteroatoms. The van der Waals surface area contributed by atoms with Gasteiger partial charge in [0.05, 0.1) is 12.3 Å². The molecule has 2 aromatic carbocycles. The second kappa shape index (κ2) is 7.77. The third-order valence-corrected chi connectivity index (χ3v) is 3.73. The van der Waals surface area contributed by atoms with Gasteiger partial charge in [-0.2, -0.15) is 0 Å². The predicted octanol–water partition coefficient (Wildman–Crippen LogP) is 4.40. The van der Waals surface area contributed by atoms with Gasteiger partial charge >= 0.3 is 0 Å². The molecule has 0 atom stereocenters. The summed E-state index contributed by atoms with van der Waals surface area (Å²) < 4.78 is 5.75. The summed E-state index contributed by atoms with van der Waals surface area (Å²) in [5, 5.41) is 2.85. The molecular formula is C20H23NO3. The largest absolute Gasteiger partial charge is 0.491 e. The Balaban J connectivity index is 2.26. The van der Waals surface area contributed by atoms with Crippen LogP contribution in [0.15, 0.2) is 36.4 Å². The van der Waals surface area contributed by atoms with Crippen molar-refractivity contribution in [1.82, 2.24) is 0 Å². The zero-order valence-electron chi connectivity index (χ0n) is 14.6. The molecular weight excluding hydrogens is 302 g/mol. The van der Waals surface area contributed by atoms with Crippen LogP contribution in [0, 0.1) is 19.8 Å². The number of hydrogen-bond donors (Lipinski definition) is 1. The van der Waals surface area contributed by atoms with Gasteiger partial charge in [-0.25, -0.2) is 0 Å². The molecule has 0 unspecified atom stereocenters. The Labute approximate surface area is 142 Å². The van der Waals surface area contributed by atoms with E-state index in [1.807, 2.05) is 39.8 Å². The van der Waals surface area contributed by atoms with Crippen LogP contribution in [-0.4, -0.2) is 18.8 Å². The molecule has 0 aliphatic heterocycles. The maximum Gasteiger partial charge on any atom is 0.255 e. The average molecular weight is 325 g/mol. The van der Waals surface area contributed by atoms with Crippen molar-refractivity contribution in [2.24, 2.45) is 5.92 Å². The van der Waals surface area contributed by atoms with Crippen molar-refractivity contribution in [3.05, 3.63) is 58.7 Å². The zero-order chi connectivity index (χ0) is 17.7. The van der Waals surface area contributed by atoms with Crippen molar-refractivity contribution >= 4 is 17.9 Å². The zero-order valence-corrected chi connectivity index (χ0v) is 14.6. The Kier molecular flexibility index (Phi) is 5.74. The van der Waals surface area contributed by atoms with Gasteiger partial charge in [-0.05, 0) is 61.2 Å². The van der Waals surface area contributed by atoms with Gasteiger partial charge < -0.3 is 10.1 Å². The molecule has 24 heavy (non-hydrogen) atoms. The Morgan fingerprint density at radius 2 is 1.88 bits per heavy atom. The molecule has 0 heterocycles. The average Bonchev–Trinajstić information content (AvgIpc) is 2.55. The Morgan fingerprint density at radius 3 is 2.50 bits per heavy atom. The topological polar surface area (TPSA) is 55.4 Å². The molecule has 0 aliphatic rings. The van der Waals surface area contributed by atoms with E-state index in [4.69, 9.17) is 4.74 Å². The van der Waals surface area contributed by atoms with E-state index in [1.54, 1.807) is 24.3 Å². The van der Waals surface area contributed by atoms with Crippen LogP contribution in [0.2, 0.25) is 0 Å². The highest BCUT2D eigenvalue weighted by Crippen LogP contribution is 2.27. The maximum atomic E-state index is 12.5. The number of hydrogen-bond acceptors (Lipinski definition) is 3. The summed E-state index contributed by atoms with van der Waals surface area (Å²) in [4.78, 5) is 23.5. The molecule has 2 aromatic rings. The second-order valence-corrected chi connectivity index (χ2v) is 6.33. The first-order valence-corrected chi connectivity index (χ1v) is 8.01. The minimum absolute atomic E-state index is 0.226. The number of benzene rings is 2. The molecule has 0 aromatic heterocycles. The van der Waals surface area contributed by atoms with E-state index in [0.29, 0.717) is 35.1 Å². The summed E-state index contributed by atoms with van der Waals surface area (Å²) in [5.41, 5.74) is 3.76. The Hall–Kier alpha value is -2.62. The van der Waals surface area contributed by atoms with Crippen LogP contribution in [0.1, 0.15) is 45.7 Å². The van der Waals surface area contributed by atoms with E-state index in [2.05, 4.69) is 5.32 Å². The van der Waals surface area contributed by atoms with Gasteiger partial charge in [0.15, 0.2) is 0 Å². The molecule has 0 spiro atoms. The standard InChI is InChI=1S/C20H23NO3/c1-13(2)12-24-19-8-6-16(11-22)10-18(19)21-20(23)17-7-5-14(3)15(4)9-17/h5-11,13H,12H2,1-4H3,(H,21,23). The first-order valence-electron chi connectivity index (χ1n) is 8.01. The van der Waals surface area contributed by atoms with Gasteiger partial charge in [-0.1, -0.05) is 19.9 Å². The van der Waals surface area contributed by atoms with Gasteiger partial charge in [0, 0.05) is 11.1 Å². The van der Waals surface area contributed by atoms with Gasteiger partial charge in [0.2, 0.25) is 0 Å². The van der Waals surface area contributed by atoms with Crippen LogP contribution >= 0.6 is 0 Å². The van der Waals surface area contributed by atoms with Crippen molar-refractivity contribution in [2.45, 2.75) is 27.7 Å². The Morgan fingerprint density at radius 1 is 1.12 bits per heavy atom. The fraction of sp³-hybridized carbons (Fsp3) is 0.300. The monoisotopic (exact) mass is 325 g/mol. The van der Waals surface area contributed by atoms with Crippen LogP contribution in [0.3, 0.4) is 0 Å². The number of aldehydes is 1. The van der Waals surface area contributed by atoms with Gasteiger partial charge in [-0.3, -0.25) is 9.59 Å². The molecule has 1 amide bonds. The summed E-state index contributed by atoms with van der Waals surface area (Å²) in [6.45, 7) is 8.60. The van der Waals surface area contributed by atoms with Crippen molar-refractivity contribution in [1.29, 1.82) is 0 Å². The normalized spacial score (nSPS) is 10.5. The molecule has 0 aliphatic carbocycles. The first kappa shape index (κ1) is 17.7. The maximum absolute atomic E-state index is 12.5. The summed E-state index contributed by atoms with van der Waals surface area (Å²) in [5.74, 6) is 0.695. The predicted molar refractivity (Wildman–Crippen MR) is 96.0 cm³/mol. The smallest absolute Gasteiger partial charge is 0.255 e. The molecule has 0 saturated carbocycles. The third-order valence-electron chi connectivity index (χ3n) is 3.73. The lowest BCUT2D eigenvalue weighted by Gasteiger charge is -2.15. The van der Waals surface area contributed by atoms with Crippen LogP contribution in [0.4, 0.5) is 5.69 Å². The number of anilines is 1. The molecule has 0 saturated heterocycles. The molecule has 0 fully saturated rings. The summed E-state index contributed by atoms with van der Waals surface area (Å²) >= 11 is 0. The third kappa shape index (κ3) is 4.44. The number of ether oxygens (including phenoxy) is 1. The lowest BCUT2D eigenvalue weighted by atomic mass is 10.1. The summed E-state index contributed by atoms with van der Waals surface area (Å²) in [6, 6.07) is 10.6. The molecule has 2 rings (SSSR count). The highest BCUT2D eigenvalue weighted by Gasteiger charge is 2.12. The van der Waals surface area contributed by atoms with Crippen molar-refractivity contribution < 1.29 is 14.3 Å². The van der Waals surface area contributed by atoms with Crippen LogP contribution in [0.25, 0.3) is 0 Å². The lowest BCUT2D eigenvalue weighted by Crippen LogP contribution is -2.14. The first-order chi connectivity index (χ1) is 11.4. The van der Waals surface area contributed by atoms with E-state index in [1.165, 1.54) is 0 Å². The molecule has 1 N–H and O–H groups in total. The van der Waals surface area contributed by atoms with E-state index in [0.717, 1.165) is 17.4 Å². The number of carbonyl (C=O) groups excluding carboxylic acids is 2. The van der Waals surface area contributed by atoms with Crippen molar-refractivity contribution in [3.8, 4) is 5.75 Å².